The van der Waals surface area contributed by atoms with Crippen LogP contribution in [-0.4, -0.2) is 36.3 Å². The van der Waals surface area contributed by atoms with E-state index in [1.807, 2.05) is 41.3 Å². The third kappa shape index (κ3) is 4.44. The Bertz CT molecular complexity index is 905. The number of oxime groups is 1. The van der Waals surface area contributed by atoms with Crippen LogP contribution < -0.4 is 4.74 Å². The van der Waals surface area contributed by atoms with Crippen LogP contribution in [0.5, 0.6) is 5.75 Å². The molecule has 0 spiro atoms. The fraction of sp³-hybridized carbons (Fsp3) is 0.417. The maximum atomic E-state index is 13.1. The predicted octanol–water partition coefficient (Wildman–Crippen LogP) is 4.33. The molecular formula is C24H28N2O3. The Labute approximate surface area is 172 Å². The molecule has 0 aromatic heterocycles. The maximum absolute atomic E-state index is 13.1. The first-order valence-corrected chi connectivity index (χ1v) is 10.3. The van der Waals surface area contributed by atoms with E-state index in [1.165, 1.54) is 5.56 Å². The van der Waals surface area contributed by atoms with E-state index in [1.54, 1.807) is 7.11 Å². The van der Waals surface area contributed by atoms with Gasteiger partial charge in [0.1, 0.15) is 5.75 Å². The van der Waals surface area contributed by atoms with Crippen molar-refractivity contribution in [3.8, 4) is 5.75 Å². The summed E-state index contributed by atoms with van der Waals surface area (Å²) in [6.45, 7) is 3.19. The van der Waals surface area contributed by atoms with Gasteiger partial charge in [-0.3, -0.25) is 4.79 Å². The van der Waals surface area contributed by atoms with Gasteiger partial charge in [0, 0.05) is 24.4 Å². The Morgan fingerprint density at radius 2 is 2.03 bits per heavy atom. The molecule has 0 bridgehead atoms. The molecule has 2 aromatic rings. The topological polar surface area (TPSA) is 51.1 Å². The van der Waals surface area contributed by atoms with Crippen molar-refractivity contribution in [1.82, 2.24) is 4.90 Å². The Hall–Kier alpha value is -2.82. The molecule has 1 saturated carbocycles. The van der Waals surface area contributed by atoms with Crippen molar-refractivity contribution in [2.45, 2.75) is 45.3 Å². The van der Waals surface area contributed by atoms with Gasteiger partial charge in [-0.05, 0) is 43.0 Å². The van der Waals surface area contributed by atoms with Gasteiger partial charge in [-0.25, -0.2) is 0 Å². The van der Waals surface area contributed by atoms with Crippen molar-refractivity contribution in [1.29, 1.82) is 0 Å². The molecule has 1 heterocycles. The molecule has 0 saturated heterocycles. The molecule has 2 aromatic carbocycles. The van der Waals surface area contributed by atoms with Crippen molar-refractivity contribution >= 4 is 11.6 Å². The molecule has 1 amide bonds. The van der Waals surface area contributed by atoms with Crippen molar-refractivity contribution in [2.75, 3.05) is 13.7 Å². The van der Waals surface area contributed by atoms with Gasteiger partial charge in [-0.1, -0.05) is 48.0 Å². The number of amides is 1. The summed E-state index contributed by atoms with van der Waals surface area (Å²) in [6.07, 6.45) is 3.73. The lowest BCUT2D eigenvalue weighted by atomic mass is 9.84. The number of aryl methyl sites for hydroxylation is 1. The summed E-state index contributed by atoms with van der Waals surface area (Å²) in [6, 6.07) is 16.1. The summed E-state index contributed by atoms with van der Waals surface area (Å²) in [4.78, 5) is 20.8. The van der Waals surface area contributed by atoms with Gasteiger partial charge >= 0.3 is 0 Å². The van der Waals surface area contributed by atoms with Crippen LogP contribution in [0.2, 0.25) is 0 Å². The number of carbonyl (C=O) groups is 1. The van der Waals surface area contributed by atoms with Gasteiger partial charge in [-0.2, -0.15) is 0 Å². The van der Waals surface area contributed by atoms with E-state index in [4.69, 9.17) is 9.57 Å². The van der Waals surface area contributed by atoms with Crippen LogP contribution in [0.15, 0.2) is 53.7 Å². The number of ether oxygens (including phenoxy) is 1. The standard InChI is InChI=1S/C24H28N2O3/c1-17-7-3-4-12-22(17)23-14-21(29-25-23)16-26(24(27)19-9-6-10-19)15-18-8-5-11-20(13-18)28-2/h3-5,7-8,11-13,19,21H,6,9-10,14-16H2,1-2H3. The second-order valence-electron chi connectivity index (χ2n) is 7.98. The Kier molecular flexibility index (Phi) is 5.84. The zero-order valence-electron chi connectivity index (χ0n) is 17.1. The monoisotopic (exact) mass is 392 g/mol. The van der Waals surface area contributed by atoms with Crippen LogP contribution in [0.3, 0.4) is 0 Å². The van der Waals surface area contributed by atoms with E-state index in [-0.39, 0.29) is 17.9 Å². The van der Waals surface area contributed by atoms with Crippen LogP contribution in [0.25, 0.3) is 0 Å². The number of hydrogen-bond donors (Lipinski definition) is 0. The summed E-state index contributed by atoms with van der Waals surface area (Å²) in [7, 11) is 1.66. The molecule has 2 aliphatic rings. The molecule has 4 rings (SSSR count). The number of hydrogen-bond acceptors (Lipinski definition) is 4. The van der Waals surface area contributed by atoms with Crippen molar-refractivity contribution < 1.29 is 14.4 Å². The van der Waals surface area contributed by atoms with Crippen molar-refractivity contribution in [3.05, 3.63) is 65.2 Å². The molecule has 152 valence electrons. The molecule has 0 N–H and O–H groups in total. The van der Waals surface area contributed by atoms with Crippen molar-refractivity contribution in [3.63, 3.8) is 0 Å². The molecule has 5 heteroatoms. The molecule has 1 fully saturated rings. The minimum absolute atomic E-state index is 0.112. The van der Waals surface area contributed by atoms with Crippen LogP contribution in [0.4, 0.5) is 0 Å². The minimum atomic E-state index is -0.112. The fourth-order valence-electron chi connectivity index (χ4n) is 3.96. The summed E-state index contributed by atoms with van der Waals surface area (Å²) in [5.74, 6) is 1.19. The SMILES string of the molecule is COc1cccc(CN(CC2CC(c3ccccc3C)=NO2)C(=O)C2CCC2)c1. The number of methoxy groups -OCH3 is 1. The summed E-state index contributed by atoms with van der Waals surface area (Å²) >= 11 is 0. The van der Waals surface area contributed by atoms with Gasteiger partial charge in [-0.15, -0.1) is 0 Å². The lowest BCUT2D eigenvalue weighted by Crippen LogP contribution is -2.42. The zero-order chi connectivity index (χ0) is 20.2. The summed E-state index contributed by atoms with van der Waals surface area (Å²) in [5, 5.41) is 4.33. The van der Waals surface area contributed by atoms with E-state index in [0.29, 0.717) is 13.1 Å². The molecule has 5 nitrogen and oxygen atoms in total. The number of nitrogens with zero attached hydrogens (tertiary/aromatic N) is 2. The third-order valence-electron chi connectivity index (χ3n) is 5.89. The first-order valence-electron chi connectivity index (χ1n) is 10.3. The normalized spacial score (nSPS) is 18.6. The Morgan fingerprint density at radius 1 is 1.21 bits per heavy atom. The van der Waals surface area contributed by atoms with E-state index < -0.39 is 0 Å². The highest BCUT2D eigenvalue weighted by Crippen LogP contribution is 2.30. The second-order valence-corrected chi connectivity index (χ2v) is 7.98. The smallest absolute Gasteiger partial charge is 0.226 e. The van der Waals surface area contributed by atoms with Crippen LogP contribution in [0, 0.1) is 12.8 Å². The number of rotatable bonds is 7. The largest absolute Gasteiger partial charge is 0.497 e. The summed E-state index contributed by atoms with van der Waals surface area (Å²) < 4.78 is 5.34. The first kappa shape index (κ1) is 19.5. The highest BCUT2D eigenvalue weighted by atomic mass is 16.6. The predicted molar refractivity (Wildman–Crippen MR) is 113 cm³/mol. The molecule has 1 atom stereocenters. The Morgan fingerprint density at radius 3 is 2.76 bits per heavy atom. The quantitative estimate of drug-likeness (QED) is 0.705. The molecule has 1 aliphatic heterocycles. The molecule has 0 radical (unpaired) electrons. The van der Waals surface area contributed by atoms with Gasteiger partial charge in [0.2, 0.25) is 5.91 Å². The van der Waals surface area contributed by atoms with Gasteiger partial charge in [0.15, 0.2) is 6.10 Å². The second kappa shape index (κ2) is 8.68. The molecular weight excluding hydrogens is 364 g/mol. The number of benzene rings is 2. The van der Waals surface area contributed by atoms with E-state index in [9.17, 15) is 4.79 Å². The fourth-order valence-corrected chi connectivity index (χ4v) is 3.96. The lowest BCUT2D eigenvalue weighted by molar-refractivity contribution is -0.140. The van der Waals surface area contributed by atoms with Gasteiger partial charge in [0.05, 0.1) is 19.4 Å². The average molecular weight is 392 g/mol. The maximum Gasteiger partial charge on any atom is 0.226 e. The van der Waals surface area contributed by atoms with Crippen LogP contribution >= 0.6 is 0 Å². The van der Waals surface area contributed by atoms with Crippen LogP contribution in [-0.2, 0) is 16.2 Å². The Balaban J connectivity index is 1.46. The average Bonchev–Trinajstić information content (AvgIpc) is 3.15. The highest BCUT2D eigenvalue weighted by Gasteiger charge is 2.33. The molecule has 1 aliphatic carbocycles. The van der Waals surface area contributed by atoms with E-state index in [2.05, 4.69) is 24.2 Å². The van der Waals surface area contributed by atoms with Gasteiger partial charge in [0.25, 0.3) is 0 Å². The van der Waals surface area contributed by atoms with Gasteiger partial charge < -0.3 is 14.5 Å². The molecule has 29 heavy (non-hydrogen) atoms. The number of carbonyl (C=O) groups excluding carboxylic acids is 1. The lowest BCUT2D eigenvalue weighted by Gasteiger charge is -2.32. The summed E-state index contributed by atoms with van der Waals surface area (Å²) in [5.41, 5.74) is 4.34. The highest BCUT2D eigenvalue weighted by molar-refractivity contribution is 6.02. The van der Waals surface area contributed by atoms with E-state index >= 15 is 0 Å². The third-order valence-corrected chi connectivity index (χ3v) is 5.89. The minimum Gasteiger partial charge on any atom is -0.497 e. The van der Waals surface area contributed by atoms with Crippen molar-refractivity contribution in [2.24, 2.45) is 11.1 Å². The first-order chi connectivity index (χ1) is 14.1. The van der Waals surface area contributed by atoms with Crippen LogP contribution in [0.1, 0.15) is 42.4 Å². The zero-order valence-corrected chi connectivity index (χ0v) is 17.1. The molecule has 1 unspecified atom stereocenters. The van der Waals surface area contributed by atoms with E-state index in [0.717, 1.165) is 48.3 Å².